The van der Waals surface area contributed by atoms with Crippen LogP contribution in [0.1, 0.15) is 11.1 Å². The first-order valence-electron chi connectivity index (χ1n) is 15.2. The molecule has 47 heavy (non-hydrogen) atoms. The monoisotopic (exact) mass is 605 g/mol. The first-order chi connectivity index (χ1) is 23.2. The highest BCUT2D eigenvalue weighted by molar-refractivity contribution is 6.31. The van der Waals surface area contributed by atoms with E-state index in [0.717, 1.165) is 48.7 Å². The molecule has 0 unspecified atom stereocenters. The molecule has 6 heteroatoms. The standard InChI is InChI=1S/C41H23N3O3/c45-22-42-39-35(21-20-25-10-9-19-32-28-12-2-1-11-26(28)27-13-3-6-16-31(27)36(25)32)37-33-17-7-4-14-29(33)30-15-5-8-18-34(30)38(37)40(43-23-46)41(39)44-24-47/h1-19H,20-21H2. The Morgan fingerprint density at radius 3 is 1.26 bits per heavy atom. The second-order valence-corrected chi connectivity index (χ2v) is 11.4. The molecule has 0 aromatic heterocycles. The third-order valence-electron chi connectivity index (χ3n) is 9.18. The van der Waals surface area contributed by atoms with Crippen LogP contribution in [0.2, 0.25) is 0 Å². The Bertz CT molecular complexity index is 2720. The molecule has 0 aliphatic carbocycles. The molecule has 0 amide bonds. The maximum absolute atomic E-state index is 11.9. The van der Waals surface area contributed by atoms with E-state index in [1.807, 2.05) is 48.5 Å². The van der Waals surface area contributed by atoms with Gasteiger partial charge in [-0.05, 0) is 83.2 Å². The summed E-state index contributed by atoms with van der Waals surface area (Å²) in [4.78, 5) is 47.7. The molecule has 0 saturated heterocycles. The number of nitrogens with zero attached hydrogens (tertiary/aromatic N) is 3. The van der Waals surface area contributed by atoms with Crippen molar-refractivity contribution in [1.29, 1.82) is 0 Å². The first-order valence-corrected chi connectivity index (χ1v) is 15.2. The van der Waals surface area contributed by atoms with Crippen LogP contribution in [-0.4, -0.2) is 18.2 Å². The van der Waals surface area contributed by atoms with E-state index < -0.39 is 0 Å². The number of hydrogen-bond donors (Lipinski definition) is 0. The second-order valence-electron chi connectivity index (χ2n) is 11.4. The van der Waals surface area contributed by atoms with Crippen LogP contribution in [0.4, 0.5) is 17.1 Å². The SMILES string of the molecule is O=C=Nc1c(N=C=O)c(N=C=O)c2c3ccccc3c3ccccc3c2c1CCc1cccc2c3ccccc3c3ccccc3c12. The van der Waals surface area contributed by atoms with Crippen molar-refractivity contribution in [2.75, 3.05) is 0 Å². The predicted octanol–water partition coefficient (Wildman–Crippen LogP) is 10.3. The minimum Gasteiger partial charge on any atom is -0.211 e. The van der Waals surface area contributed by atoms with Gasteiger partial charge in [0.05, 0.1) is 0 Å². The van der Waals surface area contributed by atoms with Gasteiger partial charge in [-0.25, -0.2) is 14.4 Å². The van der Waals surface area contributed by atoms with Crippen LogP contribution in [0, 0.1) is 0 Å². The first kappa shape index (κ1) is 28.0. The quantitative estimate of drug-likeness (QED) is 0.107. The van der Waals surface area contributed by atoms with Crippen molar-refractivity contribution in [3.63, 3.8) is 0 Å². The van der Waals surface area contributed by atoms with Gasteiger partial charge in [-0.3, -0.25) is 0 Å². The average molecular weight is 606 g/mol. The van der Waals surface area contributed by atoms with Crippen LogP contribution in [0.3, 0.4) is 0 Å². The normalized spacial score (nSPS) is 11.1. The molecule has 6 nitrogen and oxygen atoms in total. The van der Waals surface area contributed by atoms with Crippen LogP contribution in [-0.2, 0) is 27.2 Å². The van der Waals surface area contributed by atoms with Gasteiger partial charge in [0.25, 0.3) is 0 Å². The van der Waals surface area contributed by atoms with Crippen molar-refractivity contribution in [2.45, 2.75) is 12.8 Å². The molecule has 0 radical (unpaired) electrons. The molecule has 8 aromatic rings. The van der Waals surface area contributed by atoms with E-state index >= 15 is 0 Å². The molecule has 0 heterocycles. The fourth-order valence-corrected chi connectivity index (χ4v) is 7.41. The fourth-order valence-electron chi connectivity index (χ4n) is 7.41. The highest BCUT2D eigenvalue weighted by Crippen LogP contribution is 2.52. The van der Waals surface area contributed by atoms with Crippen molar-refractivity contribution in [1.82, 2.24) is 0 Å². The number of fused-ring (bicyclic) bond motifs is 12. The molecule has 0 aliphatic heterocycles. The predicted molar refractivity (Wildman–Crippen MR) is 189 cm³/mol. The number of aliphatic imine (C=N–C) groups is 3. The summed E-state index contributed by atoms with van der Waals surface area (Å²) in [6.45, 7) is 0. The maximum Gasteiger partial charge on any atom is 0.240 e. The van der Waals surface area contributed by atoms with Gasteiger partial charge in [-0.2, -0.15) is 15.0 Å². The summed E-state index contributed by atoms with van der Waals surface area (Å²) in [7, 11) is 0. The van der Waals surface area contributed by atoms with Crippen molar-refractivity contribution >= 4 is 99.9 Å². The molecule has 0 atom stereocenters. The smallest absolute Gasteiger partial charge is 0.211 e. The van der Waals surface area contributed by atoms with Crippen LogP contribution >= 0.6 is 0 Å². The molecule has 0 spiro atoms. The van der Waals surface area contributed by atoms with Gasteiger partial charge < -0.3 is 0 Å². The molecule has 0 aliphatic rings. The van der Waals surface area contributed by atoms with Gasteiger partial charge in [0.1, 0.15) is 17.1 Å². The minimum atomic E-state index is -0.0102. The molecule has 0 bridgehead atoms. The molecule has 8 rings (SSSR count). The Kier molecular flexibility index (Phi) is 6.80. The zero-order chi connectivity index (χ0) is 31.9. The lowest BCUT2D eigenvalue weighted by Gasteiger charge is -2.19. The van der Waals surface area contributed by atoms with E-state index in [1.165, 1.54) is 16.2 Å². The summed E-state index contributed by atoms with van der Waals surface area (Å²) in [6.07, 6.45) is 5.90. The Hall–Kier alpha value is -6.54. The number of benzene rings is 8. The zero-order valence-corrected chi connectivity index (χ0v) is 25.0. The maximum atomic E-state index is 11.9. The van der Waals surface area contributed by atoms with E-state index in [4.69, 9.17) is 0 Å². The zero-order valence-electron chi connectivity index (χ0n) is 25.0. The second kappa shape index (κ2) is 11.4. The summed E-state index contributed by atoms with van der Waals surface area (Å²) in [5, 5.41) is 12.1. The van der Waals surface area contributed by atoms with Gasteiger partial charge in [0.15, 0.2) is 0 Å². The molecule has 0 N–H and O–H groups in total. The number of rotatable bonds is 6. The number of aryl methyl sites for hydroxylation is 2. The number of carbonyl (C=O) groups excluding carboxylic acids is 3. The molecular weight excluding hydrogens is 582 g/mol. The van der Waals surface area contributed by atoms with Gasteiger partial charge >= 0.3 is 0 Å². The van der Waals surface area contributed by atoms with Crippen molar-refractivity contribution in [2.24, 2.45) is 15.0 Å². The average Bonchev–Trinajstić information content (AvgIpc) is 3.12. The minimum absolute atomic E-state index is 0.0102. The summed E-state index contributed by atoms with van der Waals surface area (Å²) >= 11 is 0. The lowest BCUT2D eigenvalue weighted by molar-refractivity contribution is 0.564. The van der Waals surface area contributed by atoms with Crippen molar-refractivity contribution in [3.05, 3.63) is 126 Å². The van der Waals surface area contributed by atoms with Gasteiger partial charge in [-0.15, -0.1) is 0 Å². The topological polar surface area (TPSA) is 88.3 Å². The van der Waals surface area contributed by atoms with Crippen LogP contribution < -0.4 is 0 Å². The molecule has 220 valence electrons. The van der Waals surface area contributed by atoms with Crippen LogP contribution in [0.25, 0.3) is 64.6 Å². The van der Waals surface area contributed by atoms with Gasteiger partial charge in [-0.1, -0.05) is 115 Å². The van der Waals surface area contributed by atoms with E-state index in [2.05, 4.69) is 81.7 Å². The molecule has 0 fully saturated rings. The summed E-state index contributed by atoms with van der Waals surface area (Å²) in [5.74, 6) is 0. The van der Waals surface area contributed by atoms with E-state index in [9.17, 15) is 14.4 Å². The van der Waals surface area contributed by atoms with E-state index in [1.54, 1.807) is 18.2 Å². The lowest BCUT2D eigenvalue weighted by atomic mass is 9.86. The Morgan fingerprint density at radius 2 is 0.745 bits per heavy atom. The third kappa shape index (κ3) is 4.30. The Labute approximate surface area is 268 Å². The third-order valence-corrected chi connectivity index (χ3v) is 9.18. The summed E-state index contributed by atoms with van der Waals surface area (Å²) in [5.41, 5.74) is 2.07. The summed E-state index contributed by atoms with van der Waals surface area (Å²) < 4.78 is 0. The lowest BCUT2D eigenvalue weighted by Crippen LogP contribution is -1.98. The van der Waals surface area contributed by atoms with Gasteiger partial charge in [0, 0.05) is 5.39 Å². The molecule has 0 saturated carbocycles. The number of isocyanates is 3. The highest BCUT2D eigenvalue weighted by atomic mass is 16.1. The van der Waals surface area contributed by atoms with Crippen molar-refractivity contribution < 1.29 is 14.4 Å². The van der Waals surface area contributed by atoms with Crippen LogP contribution in [0.15, 0.2) is 130 Å². The van der Waals surface area contributed by atoms with E-state index in [-0.39, 0.29) is 17.1 Å². The fraction of sp³-hybridized carbons (Fsp3) is 0.0488. The molecular formula is C41H23N3O3. The summed E-state index contributed by atoms with van der Waals surface area (Å²) in [6, 6.07) is 39.1. The largest absolute Gasteiger partial charge is 0.240 e. The molecule has 8 aromatic carbocycles. The van der Waals surface area contributed by atoms with E-state index in [0.29, 0.717) is 23.8 Å². The van der Waals surface area contributed by atoms with Crippen LogP contribution in [0.5, 0.6) is 0 Å². The highest BCUT2D eigenvalue weighted by Gasteiger charge is 2.24. The Morgan fingerprint density at radius 1 is 0.362 bits per heavy atom. The Balaban J connectivity index is 1.49. The van der Waals surface area contributed by atoms with Crippen molar-refractivity contribution in [3.8, 4) is 0 Å². The van der Waals surface area contributed by atoms with Gasteiger partial charge in [0.2, 0.25) is 18.2 Å². The number of hydrogen-bond acceptors (Lipinski definition) is 6.